The van der Waals surface area contributed by atoms with Gasteiger partial charge in [0.2, 0.25) is 5.91 Å². The number of anilines is 1. The molecule has 1 amide bonds. The van der Waals surface area contributed by atoms with Crippen molar-refractivity contribution in [3.05, 3.63) is 71.7 Å². The molecular formula is C21H19N3OS. The van der Waals surface area contributed by atoms with Crippen molar-refractivity contribution in [2.24, 2.45) is 0 Å². The highest BCUT2D eigenvalue weighted by molar-refractivity contribution is 7.18. The summed E-state index contributed by atoms with van der Waals surface area (Å²) in [6.07, 6.45) is 0. The molecule has 4 nitrogen and oxygen atoms in total. The van der Waals surface area contributed by atoms with Crippen LogP contribution in [0.4, 0.5) is 5.69 Å². The van der Waals surface area contributed by atoms with E-state index >= 15 is 0 Å². The Labute approximate surface area is 156 Å². The van der Waals surface area contributed by atoms with Crippen LogP contribution >= 0.6 is 11.3 Å². The van der Waals surface area contributed by atoms with Crippen molar-refractivity contribution in [3.8, 4) is 0 Å². The first kappa shape index (κ1) is 16.7. The molecule has 0 fully saturated rings. The van der Waals surface area contributed by atoms with Gasteiger partial charge >= 0.3 is 0 Å². The zero-order chi connectivity index (χ0) is 17.9. The summed E-state index contributed by atoms with van der Waals surface area (Å²) in [6.45, 7) is 0.974. The van der Waals surface area contributed by atoms with Gasteiger partial charge in [-0.25, -0.2) is 4.98 Å². The fourth-order valence-corrected chi connectivity index (χ4v) is 4.09. The molecule has 0 bridgehead atoms. The molecule has 26 heavy (non-hydrogen) atoms. The van der Waals surface area contributed by atoms with E-state index in [1.54, 1.807) is 11.3 Å². The number of nitrogens with zero attached hydrogens (tertiary/aromatic N) is 2. The highest BCUT2D eigenvalue weighted by atomic mass is 32.1. The Kier molecular flexibility index (Phi) is 4.65. The third kappa shape index (κ3) is 3.59. The van der Waals surface area contributed by atoms with E-state index in [0.29, 0.717) is 13.1 Å². The Morgan fingerprint density at radius 1 is 1.04 bits per heavy atom. The predicted octanol–water partition coefficient (Wildman–Crippen LogP) is 4.52. The number of benzene rings is 3. The van der Waals surface area contributed by atoms with Gasteiger partial charge in [0.25, 0.3) is 0 Å². The van der Waals surface area contributed by atoms with Crippen LogP contribution in [0.15, 0.2) is 66.7 Å². The van der Waals surface area contributed by atoms with Gasteiger partial charge in [-0.3, -0.25) is 9.69 Å². The fraction of sp³-hybridized carbons (Fsp3) is 0.143. The van der Waals surface area contributed by atoms with Crippen molar-refractivity contribution >= 4 is 43.9 Å². The van der Waals surface area contributed by atoms with E-state index in [1.165, 1.54) is 4.70 Å². The van der Waals surface area contributed by atoms with Gasteiger partial charge in [-0.2, -0.15) is 0 Å². The number of para-hydroxylation sites is 1. The lowest BCUT2D eigenvalue weighted by Gasteiger charge is -2.15. The monoisotopic (exact) mass is 361 g/mol. The second-order valence-corrected chi connectivity index (χ2v) is 7.44. The molecule has 0 aliphatic heterocycles. The summed E-state index contributed by atoms with van der Waals surface area (Å²) in [5.41, 5.74) is 1.86. The lowest BCUT2D eigenvalue weighted by atomic mass is 10.1. The molecule has 3 aromatic carbocycles. The lowest BCUT2D eigenvalue weighted by Crippen LogP contribution is -2.29. The third-order valence-corrected chi connectivity index (χ3v) is 5.24. The van der Waals surface area contributed by atoms with Crippen molar-refractivity contribution in [2.45, 2.75) is 6.54 Å². The van der Waals surface area contributed by atoms with Crippen LogP contribution in [-0.4, -0.2) is 29.4 Å². The number of hydrogen-bond acceptors (Lipinski definition) is 4. The second kappa shape index (κ2) is 7.23. The molecule has 0 aliphatic carbocycles. The molecule has 1 heterocycles. The van der Waals surface area contributed by atoms with E-state index in [9.17, 15) is 4.79 Å². The average molecular weight is 361 g/mol. The Morgan fingerprint density at radius 3 is 2.69 bits per heavy atom. The molecule has 130 valence electrons. The van der Waals surface area contributed by atoms with E-state index in [-0.39, 0.29) is 5.91 Å². The summed E-state index contributed by atoms with van der Waals surface area (Å²) in [6, 6.07) is 22.1. The van der Waals surface area contributed by atoms with Gasteiger partial charge < -0.3 is 5.32 Å². The maximum absolute atomic E-state index is 12.5. The van der Waals surface area contributed by atoms with E-state index < -0.39 is 0 Å². The van der Waals surface area contributed by atoms with E-state index in [1.807, 2.05) is 72.6 Å². The van der Waals surface area contributed by atoms with Crippen LogP contribution in [0.1, 0.15) is 5.01 Å². The van der Waals surface area contributed by atoms with Crippen molar-refractivity contribution in [2.75, 3.05) is 18.9 Å². The minimum Gasteiger partial charge on any atom is -0.324 e. The van der Waals surface area contributed by atoms with Crippen LogP contribution < -0.4 is 5.32 Å². The van der Waals surface area contributed by atoms with Gasteiger partial charge in [0, 0.05) is 11.1 Å². The number of thiazole rings is 1. The van der Waals surface area contributed by atoms with Crippen LogP contribution in [0.3, 0.4) is 0 Å². The number of fused-ring (bicyclic) bond motifs is 2. The lowest BCUT2D eigenvalue weighted by molar-refractivity contribution is -0.117. The molecular weight excluding hydrogens is 342 g/mol. The number of aromatic nitrogens is 1. The molecule has 1 aromatic heterocycles. The van der Waals surface area contributed by atoms with Crippen LogP contribution in [-0.2, 0) is 11.3 Å². The minimum absolute atomic E-state index is 0.0232. The first-order valence-electron chi connectivity index (χ1n) is 8.50. The molecule has 4 aromatic rings. The topological polar surface area (TPSA) is 45.2 Å². The number of rotatable bonds is 5. The molecule has 0 radical (unpaired) electrons. The second-order valence-electron chi connectivity index (χ2n) is 6.32. The van der Waals surface area contributed by atoms with Gasteiger partial charge in [0.15, 0.2) is 0 Å². The van der Waals surface area contributed by atoms with Crippen molar-refractivity contribution in [3.63, 3.8) is 0 Å². The number of hydrogen-bond donors (Lipinski definition) is 1. The van der Waals surface area contributed by atoms with Crippen LogP contribution in [0, 0.1) is 0 Å². The normalized spacial score (nSPS) is 11.3. The Bertz CT molecular complexity index is 1030. The zero-order valence-corrected chi connectivity index (χ0v) is 15.3. The first-order valence-corrected chi connectivity index (χ1v) is 9.31. The van der Waals surface area contributed by atoms with Gasteiger partial charge in [-0.15, -0.1) is 11.3 Å². The largest absolute Gasteiger partial charge is 0.324 e. The van der Waals surface area contributed by atoms with Gasteiger partial charge in [-0.05, 0) is 30.6 Å². The maximum Gasteiger partial charge on any atom is 0.238 e. The summed E-state index contributed by atoms with van der Waals surface area (Å²) in [7, 11) is 1.94. The SMILES string of the molecule is CN(CC(=O)Nc1cccc2ccccc12)Cc1nc2ccccc2s1. The number of amides is 1. The number of likely N-dealkylation sites (N-methyl/N-ethyl adjacent to an activating group) is 1. The van der Waals surface area contributed by atoms with E-state index in [4.69, 9.17) is 0 Å². The summed E-state index contributed by atoms with van der Waals surface area (Å²) < 4.78 is 1.18. The smallest absolute Gasteiger partial charge is 0.238 e. The van der Waals surface area contributed by atoms with E-state index in [0.717, 1.165) is 27.0 Å². The van der Waals surface area contributed by atoms with Crippen molar-refractivity contribution in [1.29, 1.82) is 0 Å². The molecule has 0 saturated heterocycles. The summed E-state index contributed by atoms with van der Waals surface area (Å²) >= 11 is 1.67. The Balaban J connectivity index is 1.42. The Hall–Kier alpha value is -2.76. The van der Waals surface area contributed by atoms with Gasteiger partial charge in [0.05, 0.1) is 23.3 Å². The number of nitrogens with one attached hydrogen (secondary N) is 1. The van der Waals surface area contributed by atoms with Crippen molar-refractivity contribution in [1.82, 2.24) is 9.88 Å². The van der Waals surface area contributed by atoms with Crippen LogP contribution in [0.25, 0.3) is 21.0 Å². The third-order valence-electron chi connectivity index (χ3n) is 4.22. The molecule has 0 atom stereocenters. The van der Waals surface area contributed by atoms with Gasteiger partial charge in [-0.1, -0.05) is 48.5 Å². The molecule has 1 N–H and O–H groups in total. The standard InChI is InChI=1S/C21H19N3OS/c1-24(14-21-23-18-10-4-5-12-19(18)26-21)13-20(25)22-17-11-6-8-15-7-2-3-9-16(15)17/h2-12H,13-14H2,1H3,(H,22,25). The number of carbonyl (C=O) groups excluding carboxylic acids is 1. The maximum atomic E-state index is 12.5. The van der Waals surface area contributed by atoms with Gasteiger partial charge in [0.1, 0.15) is 5.01 Å². The average Bonchev–Trinajstić information content (AvgIpc) is 3.04. The molecule has 0 spiro atoms. The van der Waals surface area contributed by atoms with Crippen molar-refractivity contribution < 1.29 is 4.79 Å². The highest BCUT2D eigenvalue weighted by Crippen LogP contribution is 2.24. The first-order chi connectivity index (χ1) is 12.7. The fourth-order valence-electron chi connectivity index (χ4n) is 3.04. The zero-order valence-electron chi connectivity index (χ0n) is 14.5. The quantitative estimate of drug-likeness (QED) is 0.568. The highest BCUT2D eigenvalue weighted by Gasteiger charge is 2.11. The summed E-state index contributed by atoms with van der Waals surface area (Å²) in [5.74, 6) is -0.0232. The molecule has 0 saturated carbocycles. The molecule has 5 heteroatoms. The molecule has 0 unspecified atom stereocenters. The summed E-state index contributed by atoms with van der Waals surface area (Å²) in [5, 5.41) is 6.22. The number of carbonyl (C=O) groups is 1. The summed E-state index contributed by atoms with van der Waals surface area (Å²) in [4.78, 5) is 19.1. The molecule has 0 aliphatic rings. The molecule has 4 rings (SSSR count). The minimum atomic E-state index is -0.0232. The Morgan fingerprint density at radius 2 is 1.81 bits per heavy atom. The predicted molar refractivity (Wildman–Crippen MR) is 109 cm³/mol. The van der Waals surface area contributed by atoms with E-state index in [2.05, 4.69) is 16.4 Å². The van der Waals surface area contributed by atoms with Crippen LogP contribution in [0.2, 0.25) is 0 Å². The van der Waals surface area contributed by atoms with Crippen LogP contribution in [0.5, 0.6) is 0 Å².